The number of unbranched alkanes of at least 4 members (excludes halogenated alkanes) is 14. The van der Waals surface area contributed by atoms with Crippen LogP contribution in [0.1, 0.15) is 169 Å². The molecule has 2 rings (SSSR count). The Morgan fingerprint density at radius 1 is 0.474 bits per heavy atom. The summed E-state index contributed by atoms with van der Waals surface area (Å²) in [6, 6.07) is 0. The van der Waals surface area contributed by atoms with Crippen LogP contribution in [-0.4, -0.2) is 25.4 Å². The molecule has 0 saturated heterocycles. The summed E-state index contributed by atoms with van der Waals surface area (Å²) < 4.78 is 12.9. The lowest BCUT2D eigenvalue weighted by molar-refractivity contribution is -0.0179. The van der Waals surface area contributed by atoms with Crippen LogP contribution >= 0.6 is 0 Å². The normalized spacial score (nSPS) is 28.3. The van der Waals surface area contributed by atoms with E-state index < -0.39 is 0 Å². The van der Waals surface area contributed by atoms with Crippen molar-refractivity contribution in [1.29, 1.82) is 0 Å². The molecule has 6 atom stereocenters. The molecule has 0 heterocycles. The fraction of sp³-hybridized carbons (Fsp3) is 0.944. The van der Waals surface area contributed by atoms with Crippen LogP contribution in [0.25, 0.3) is 0 Å². The highest BCUT2D eigenvalue weighted by molar-refractivity contribution is 4.98. The standard InChI is InChI=1S/C36H68O2/c1-5-7-9-11-13-15-17-19-27-37-35-29-33(23-21-31(35)3)25-26-34-24-22-32(4)36(30-34)38-28-20-18-16-14-12-10-8-6-2/h25-26,31-36H,5-24,27-30H2,1-4H3/b26-25+. The third kappa shape index (κ3) is 15.4. The molecule has 2 aliphatic rings. The maximum atomic E-state index is 6.44. The Balaban J connectivity index is 1.59. The molecule has 0 aromatic heterocycles. The number of rotatable bonds is 22. The van der Waals surface area contributed by atoms with E-state index in [-0.39, 0.29) is 0 Å². The molecule has 2 nitrogen and oxygen atoms in total. The Kier molecular flexibility index (Phi) is 19.9. The Labute approximate surface area is 239 Å². The highest BCUT2D eigenvalue weighted by Gasteiger charge is 2.29. The van der Waals surface area contributed by atoms with Crippen molar-refractivity contribution in [2.45, 2.75) is 181 Å². The second-order valence-corrected chi connectivity index (χ2v) is 13.3. The van der Waals surface area contributed by atoms with Gasteiger partial charge in [0.05, 0.1) is 12.2 Å². The van der Waals surface area contributed by atoms with E-state index in [0.29, 0.717) is 24.0 Å². The fourth-order valence-electron chi connectivity index (χ4n) is 6.69. The molecule has 0 aliphatic heterocycles. The summed E-state index contributed by atoms with van der Waals surface area (Å²) in [5.41, 5.74) is 0. The first kappa shape index (κ1) is 33.9. The Morgan fingerprint density at radius 3 is 1.18 bits per heavy atom. The summed E-state index contributed by atoms with van der Waals surface area (Å²) in [4.78, 5) is 0. The summed E-state index contributed by atoms with van der Waals surface area (Å²) >= 11 is 0. The molecule has 38 heavy (non-hydrogen) atoms. The third-order valence-corrected chi connectivity index (χ3v) is 9.64. The number of hydrogen-bond donors (Lipinski definition) is 0. The van der Waals surface area contributed by atoms with Crippen LogP contribution in [0.2, 0.25) is 0 Å². The van der Waals surface area contributed by atoms with Crippen LogP contribution in [-0.2, 0) is 9.47 Å². The number of hydrogen-bond acceptors (Lipinski definition) is 2. The first-order valence-electron chi connectivity index (χ1n) is 17.6. The first-order valence-corrected chi connectivity index (χ1v) is 17.6. The summed E-state index contributed by atoms with van der Waals surface area (Å²) in [6.07, 6.45) is 35.9. The minimum absolute atomic E-state index is 0.469. The van der Waals surface area contributed by atoms with E-state index in [1.807, 2.05) is 0 Å². The van der Waals surface area contributed by atoms with Crippen molar-refractivity contribution in [1.82, 2.24) is 0 Å². The van der Waals surface area contributed by atoms with E-state index in [1.165, 1.54) is 141 Å². The smallest absolute Gasteiger partial charge is 0.0606 e. The average molecular weight is 533 g/mol. The van der Waals surface area contributed by atoms with Crippen molar-refractivity contribution in [3.8, 4) is 0 Å². The maximum absolute atomic E-state index is 6.44. The first-order chi connectivity index (χ1) is 18.6. The second kappa shape index (κ2) is 22.4. The molecule has 0 radical (unpaired) electrons. The van der Waals surface area contributed by atoms with Crippen LogP contribution in [0.4, 0.5) is 0 Å². The monoisotopic (exact) mass is 533 g/mol. The largest absolute Gasteiger partial charge is 0.378 e. The van der Waals surface area contributed by atoms with Gasteiger partial charge in [0, 0.05) is 13.2 Å². The van der Waals surface area contributed by atoms with Crippen LogP contribution in [0, 0.1) is 23.7 Å². The van der Waals surface area contributed by atoms with Gasteiger partial charge in [0.1, 0.15) is 0 Å². The molecule has 0 amide bonds. The minimum Gasteiger partial charge on any atom is -0.378 e. The van der Waals surface area contributed by atoms with Crippen molar-refractivity contribution in [3.05, 3.63) is 12.2 Å². The molecule has 0 aromatic carbocycles. The predicted molar refractivity (Wildman–Crippen MR) is 167 cm³/mol. The Morgan fingerprint density at radius 2 is 0.816 bits per heavy atom. The van der Waals surface area contributed by atoms with Crippen molar-refractivity contribution >= 4 is 0 Å². The average Bonchev–Trinajstić information content (AvgIpc) is 2.92. The molecule has 0 spiro atoms. The molecule has 2 aliphatic carbocycles. The van der Waals surface area contributed by atoms with Gasteiger partial charge in [0.15, 0.2) is 0 Å². The van der Waals surface area contributed by atoms with Crippen molar-refractivity contribution in [3.63, 3.8) is 0 Å². The zero-order chi connectivity index (χ0) is 27.3. The lowest BCUT2D eigenvalue weighted by atomic mass is 9.78. The van der Waals surface area contributed by atoms with Gasteiger partial charge in [0.25, 0.3) is 0 Å². The lowest BCUT2D eigenvalue weighted by Gasteiger charge is -2.35. The van der Waals surface area contributed by atoms with E-state index >= 15 is 0 Å². The van der Waals surface area contributed by atoms with Gasteiger partial charge in [-0.25, -0.2) is 0 Å². The van der Waals surface area contributed by atoms with E-state index in [2.05, 4.69) is 39.8 Å². The predicted octanol–water partition coefficient (Wildman–Crippen LogP) is 11.5. The van der Waals surface area contributed by atoms with Gasteiger partial charge in [-0.15, -0.1) is 0 Å². The lowest BCUT2D eigenvalue weighted by Crippen LogP contribution is -2.31. The molecular formula is C36H68O2. The van der Waals surface area contributed by atoms with Gasteiger partial charge in [-0.2, -0.15) is 0 Å². The molecule has 0 N–H and O–H groups in total. The van der Waals surface area contributed by atoms with Gasteiger partial charge in [-0.05, 0) is 75.0 Å². The molecule has 2 fully saturated rings. The van der Waals surface area contributed by atoms with Crippen molar-refractivity contribution in [2.24, 2.45) is 23.7 Å². The van der Waals surface area contributed by atoms with E-state index in [9.17, 15) is 0 Å². The van der Waals surface area contributed by atoms with Crippen LogP contribution < -0.4 is 0 Å². The highest BCUT2D eigenvalue weighted by atomic mass is 16.5. The molecule has 0 aromatic rings. The second-order valence-electron chi connectivity index (χ2n) is 13.3. The van der Waals surface area contributed by atoms with Gasteiger partial charge >= 0.3 is 0 Å². The molecule has 2 heteroatoms. The minimum atomic E-state index is 0.469. The van der Waals surface area contributed by atoms with Crippen molar-refractivity contribution < 1.29 is 9.47 Å². The summed E-state index contributed by atoms with van der Waals surface area (Å²) in [5, 5.41) is 0. The van der Waals surface area contributed by atoms with Crippen LogP contribution in [0.15, 0.2) is 12.2 Å². The van der Waals surface area contributed by atoms with Crippen LogP contribution in [0.5, 0.6) is 0 Å². The molecule has 2 saturated carbocycles. The Hall–Kier alpha value is -0.340. The summed E-state index contributed by atoms with van der Waals surface area (Å²) in [5.74, 6) is 2.87. The Bertz CT molecular complexity index is 510. The van der Waals surface area contributed by atoms with Gasteiger partial charge < -0.3 is 9.47 Å². The number of ether oxygens (including phenoxy) is 2. The molecule has 6 unspecified atom stereocenters. The van der Waals surface area contributed by atoms with E-state index in [4.69, 9.17) is 9.47 Å². The topological polar surface area (TPSA) is 18.5 Å². The zero-order valence-electron chi connectivity index (χ0n) is 26.4. The van der Waals surface area contributed by atoms with Gasteiger partial charge in [-0.1, -0.05) is 130 Å². The van der Waals surface area contributed by atoms with Gasteiger partial charge in [0.2, 0.25) is 0 Å². The van der Waals surface area contributed by atoms with Crippen LogP contribution in [0.3, 0.4) is 0 Å². The number of allylic oxidation sites excluding steroid dienone is 2. The van der Waals surface area contributed by atoms with Crippen molar-refractivity contribution in [2.75, 3.05) is 13.2 Å². The third-order valence-electron chi connectivity index (χ3n) is 9.64. The molecule has 0 bridgehead atoms. The van der Waals surface area contributed by atoms with Gasteiger partial charge in [-0.3, -0.25) is 0 Å². The maximum Gasteiger partial charge on any atom is 0.0606 e. The van der Waals surface area contributed by atoms with E-state index in [1.54, 1.807) is 0 Å². The SMILES string of the molecule is CCCCCCCCCCOC1CC(/C=C/C2CCC(C)C(OCCCCCCCCCC)C2)CCC1C. The highest BCUT2D eigenvalue weighted by Crippen LogP contribution is 2.35. The summed E-state index contributed by atoms with van der Waals surface area (Å²) in [6.45, 7) is 11.4. The quantitative estimate of drug-likeness (QED) is 0.102. The molecule has 224 valence electrons. The molecular weight excluding hydrogens is 464 g/mol. The summed E-state index contributed by atoms with van der Waals surface area (Å²) in [7, 11) is 0. The van der Waals surface area contributed by atoms with E-state index in [0.717, 1.165) is 25.0 Å². The zero-order valence-corrected chi connectivity index (χ0v) is 26.4. The fourth-order valence-corrected chi connectivity index (χ4v) is 6.69.